The van der Waals surface area contributed by atoms with E-state index in [1.54, 1.807) is 26.1 Å². The minimum atomic E-state index is -1.03. The Balaban J connectivity index is 0.00000308. The van der Waals surface area contributed by atoms with Crippen molar-refractivity contribution in [2.45, 2.75) is 60.8 Å². The van der Waals surface area contributed by atoms with Gasteiger partial charge in [0.2, 0.25) is 5.71 Å². The summed E-state index contributed by atoms with van der Waals surface area (Å²) in [4.78, 5) is 35.5. The van der Waals surface area contributed by atoms with Crippen LogP contribution in [0.2, 0.25) is 10.0 Å². The number of nitrogens with zero attached hydrogens (tertiary/aromatic N) is 4. The van der Waals surface area contributed by atoms with Gasteiger partial charge in [-0.05, 0) is 36.6 Å². The molecular weight excluding hydrogens is 519 g/mol. The van der Waals surface area contributed by atoms with Gasteiger partial charge in [0, 0.05) is 29.1 Å². The molecule has 0 atom stereocenters. The van der Waals surface area contributed by atoms with Crippen molar-refractivity contribution in [2.24, 2.45) is 12.1 Å². The molecule has 0 aliphatic heterocycles. The van der Waals surface area contributed by atoms with Crippen molar-refractivity contribution < 1.29 is 14.3 Å². The molecule has 2 aromatic rings. The molecule has 1 aromatic carbocycles. The van der Waals surface area contributed by atoms with E-state index in [0.29, 0.717) is 22.5 Å². The van der Waals surface area contributed by atoms with Crippen molar-refractivity contribution in [2.75, 3.05) is 12.0 Å². The van der Waals surface area contributed by atoms with Gasteiger partial charge < -0.3 is 4.74 Å². The van der Waals surface area contributed by atoms with Gasteiger partial charge in [-0.25, -0.2) is 9.48 Å². The number of aromatic nitrogens is 2. The minimum absolute atomic E-state index is 0.0243. The molecule has 2 N–H and O–H groups in total. The number of carbonyl (C=O) groups is 2. The van der Waals surface area contributed by atoms with Gasteiger partial charge in [-0.1, -0.05) is 64.7 Å². The zero-order valence-corrected chi connectivity index (χ0v) is 23.9. The number of benzene rings is 1. The lowest BCUT2D eigenvalue weighted by molar-refractivity contribution is -0.114. The summed E-state index contributed by atoms with van der Waals surface area (Å²) < 4.78 is 5.86. The fourth-order valence-corrected chi connectivity index (χ4v) is 3.40. The number of amides is 2. The Hall–Kier alpha value is -3.42. The summed E-state index contributed by atoms with van der Waals surface area (Å²) in [5.41, 5.74) is 3.89. The fourth-order valence-electron chi connectivity index (χ4n) is 2.78. The SMILES string of the molecule is CC.CC.CCOC(=O)NC(=O)/C(C#N)=N/Nc1cc(Cl)c(Cc2cc(C(C)C)c(=O)n(C)n2)c(Cl)c1. The third-order valence-corrected chi connectivity index (χ3v) is 5.05. The highest BCUT2D eigenvalue weighted by molar-refractivity contribution is 6.47. The van der Waals surface area contributed by atoms with Crippen LogP contribution in [0.3, 0.4) is 0 Å². The smallest absolute Gasteiger partial charge is 0.414 e. The minimum Gasteiger partial charge on any atom is -0.450 e. The lowest BCUT2D eigenvalue weighted by Crippen LogP contribution is -2.36. The Kier molecular flexibility index (Phi) is 15.5. The second kappa shape index (κ2) is 17.1. The topological polar surface area (TPSA) is 138 Å². The van der Waals surface area contributed by atoms with Crippen LogP contribution in [0.1, 0.15) is 71.2 Å². The van der Waals surface area contributed by atoms with E-state index in [4.69, 9.17) is 28.5 Å². The summed E-state index contributed by atoms with van der Waals surface area (Å²) in [6, 6.07) is 6.34. The number of hydrazone groups is 1. The maximum atomic E-state index is 12.2. The Morgan fingerprint density at radius 3 is 2.22 bits per heavy atom. The van der Waals surface area contributed by atoms with Crippen molar-refractivity contribution in [3.8, 4) is 6.07 Å². The van der Waals surface area contributed by atoms with E-state index >= 15 is 0 Å². The second-order valence-electron chi connectivity index (χ2n) is 7.13. The lowest BCUT2D eigenvalue weighted by Gasteiger charge is -2.12. The Morgan fingerprint density at radius 1 is 1.16 bits per heavy atom. The molecule has 0 spiro atoms. The molecule has 37 heavy (non-hydrogen) atoms. The standard InChI is InChI=1S/C21H22Cl2N6O4.2C2H6/c1-5-33-21(32)25-19(30)18(10-24)27-26-12-8-16(22)15(17(23)9-12)7-13-6-14(11(2)3)20(31)29(4)28-13;2*1-2/h6,8-9,11,26H,5,7H2,1-4H3,(H,25,30,32);2*1-2H3/b27-18+;;. The van der Waals surface area contributed by atoms with Gasteiger partial charge in [0.15, 0.2) is 0 Å². The van der Waals surface area contributed by atoms with E-state index < -0.39 is 17.7 Å². The molecule has 0 radical (unpaired) electrons. The monoisotopic (exact) mass is 552 g/mol. The Labute approximate surface area is 227 Å². The van der Waals surface area contributed by atoms with Crippen LogP contribution < -0.4 is 16.3 Å². The van der Waals surface area contributed by atoms with Crippen molar-refractivity contribution in [1.82, 2.24) is 15.1 Å². The van der Waals surface area contributed by atoms with E-state index in [0.717, 1.165) is 0 Å². The van der Waals surface area contributed by atoms with E-state index in [1.807, 2.05) is 46.9 Å². The van der Waals surface area contributed by atoms with E-state index in [2.05, 4.69) is 20.4 Å². The molecule has 2 amide bonds. The first-order chi connectivity index (χ1) is 17.6. The van der Waals surface area contributed by atoms with Gasteiger partial charge in [-0.3, -0.25) is 20.3 Å². The number of nitriles is 1. The molecule has 10 nitrogen and oxygen atoms in total. The quantitative estimate of drug-likeness (QED) is 0.345. The van der Waals surface area contributed by atoms with Crippen LogP contribution in [0.25, 0.3) is 0 Å². The van der Waals surface area contributed by atoms with Crippen LogP contribution >= 0.6 is 23.2 Å². The van der Waals surface area contributed by atoms with Gasteiger partial charge >= 0.3 is 6.09 Å². The molecule has 0 bridgehead atoms. The van der Waals surface area contributed by atoms with Crippen LogP contribution in [0.5, 0.6) is 0 Å². The van der Waals surface area contributed by atoms with Crippen LogP contribution in [0.15, 0.2) is 28.1 Å². The zero-order chi connectivity index (χ0) is 28.7. The van der Waals surface area contributed by atoms with Crippen LogP contribution in [0.4, 0.5) is 10.5 Å². The van der Waals surface area contributed by atoms with E-state index in [-0.39, 0.29) is 34.6 Å². The zero-order valence-electron chi connectivity index (χ0n) is 22.4. The number of nitrogens with one attached hydrogen (secondary N) is 2. The Morgan fingerprint density at radius 2 is 1.73 bits per heavy atom. The van der Waals surface area contributed by atoms with Gasteiger partial charge in [-0.2, -0.15) is 15.5 Å². The molecule has 0 saturated carbocycles. The number of carbonyl (C=O) groups excluding carboxylic acids is 2. The molecule has 1 heterocycles. The molecule has 0 aliphatic rings. The van der Waals surface area contributed by atoms with Crippen molar-refractivity contribution >= 4 is 46.6 Å². The summed E-state index contributed by atoms with van der Waals surface area (Å²) in [6.07, 6.45) is -0.714. The summed E-state index contributed by atoms with van der Waals surface area (Å²) in [6.45, 7) is 13.5. The molecular formula is C25H34Cl2N6O4. The highest BCUT2D eigenvalue weighted by Gasteiger charge is 2.17. The summed E-state index contributed by atoms with van der Waals surface area (Å²) in [7, 11) is 1.58. The number of alkyl carbamates (subject to hydrolysis) is 1. The maximum Gasteiger partial charge on any atom is 0.414 e. The molecule has 202 valence electrons. The molecule has 0 saturated heterocycles. The predicted molar refractivity (Wildman–Crippen MR) is 147 cm³/mol. The van der Waals surface area contributed by atoms with Gasteiger partial charge in [0.25, 0.3) is 11.5 Å². The lowest BCUT2D eigenvalue weighted by atomic mass is 10.0. The van der Waals surface area contributed by atoms with Crippen molar-refractivity contribution in [3.05, 3.63) is 55.4 Å². The number of anilines is 1. The normalized spacial score (nSPS) is 10.3. The number of rotatable bonds is 7. The Bertz CT molecular complexity index is 1180. The van der Waals surface area contributed by atoms with Crippen LogP contribution in [0, 0.1) is 11.3 Å². The predicted octanol–water partition coefficient (Wildman–Crippen LogP) is 5.42. The number of imide groups is 1. The first kappa shape index (κ1) is 33.6. The molecule has 12 heteroatoms. The highest BCUT2D eigenvalue weighted by Crippen LogP contribution is 2.31. The molecule has 0 unspecified atom stereocenters. The van der Waals surface area contributed by atoms with Crippen LogP contribution in [-0.2, 0) is 23.0 Å². The second-order valence-corrected chi connectivity index (χ2v) is 7.94. The number of halogens is 2. The summed E-state index contributed by atoms with van der Waals surface area (Å²) >= 11 is 12.8. The van der Waals surface area contributed by atoms with Gasteiger partial charge in [-0.15, -0.1) is 0 Å². The largest absolute Gasteiger partial charge is 0.450 e. The fraction of sp³-hybridized carbons (Fsp3) is 0.440. The average Bonchev–Trinajstić information content (AvgIpc) is 2.86. The summed E-state index contributed by atoms with van der Waals surface area (Å²) in [5, 5.41) is 19.5. The first-order valence-electron chi connectivity index (χ1n) is 11.8. The molecule has 2 rings (SSSR count). The third kappa shape index (κ3) is 10.2. The van der Waals surface area contributed by atoms with E-state index in [1.165, 1.54) is 16.8 Å². The number of hydrogen-bond donors (Lipinski definition) is 2. The molecule has 0 aliphatic carbocycles. The van der Waals surface area contributed by atoms with Gasteiger partial charge in [0.05, 0.1) is 18.0 Å². The average molecular weight is 553 g/mol. The van der Waals surface area contributed by atoms with Crippen molar-refractivity contribution in [3.63, 3.8) is 0 Å². The van der Waals surface area contributed by atoms with Crippen molar-refractivity contribution in [1.29, 1.82) is 5.26 Å². The maximum absolute atomic E-state index is 12.2. The number of ether oxygens (including phenoxy) is 1. The first-order valence-corrected chi connectivity index (χ1v) is 12.6. The summed E-state index contributed by atoms with van der Waals surface area (Å²) in [5.74, 6) is -1.00. The van der Waals surface area contributed by atoms with Gasteiger partial charge in [0.1, 0.15) is 6.07 Å². The number of hydrogen-bond acceptors (Lipinski definition) is 8. The molecule has 0 fully saturated rings. The molecule has 1 aromatic heterocycles. The van der Waals surface area contributed by atoms with Crippen LogP contribution in [-0.4, -0.2) is 34.1 Å². The third-order valence-electron chi connectivity index (χ3n) is 4.37. The number of aryl methyl sites for hydroxylation is 1. The highest BCUT2D eigenvalue weighted by atomic mass is 35.5. The van der Waals surface area contributed by atoms with E-state index in [9.17, 15) is 14.4 Å².